The molecule has 31 heavy (non-hydrogen) atoms. The number of nitrogens with two attached hydrogens (primary N) is 1. The first-order valence-corrected chi connectivity index (χ1v) is 9.17. The molecule has 0 unspecified atom stereocenters. The molecule has 2 aromatic heterocycles. The van der Waals surface area contributed by atoms with Crippen LogP contribution in [0.5, 0.6) is 11.5 Å². The van der Waals surface area contributed by atoms with Crippen molar-refractivity contribution in [2.24, 2.45) is 0 Å². The Kier molecular flexibility index (Phi) is 9.68. The number of anilines is 2. The highest BCUT2D eigenvalue weighted by Gasteiger charge is 1.97. The second-order valence-electron chi connectivity index (χ2n) is 5.90. The zero-order chi connectivity index (χ0) is 22.3. The Hall–Kier alpha value is -4.27. The fourth-order valence-electron chi connectivity index (χ4n) is 2.14. The molecule has 0 radical (unpaired) electrons. The van der Waals surface area contributed by atoms with E-state index in [0.29, 0.717) is 11.4 Å². The summed E-state index contributed by atoms with van der Waals surface area (Å²) in [7, 11) is 3.25. The van der Waals surface area contributed by atoms with Crippen LogP contribution in [0.1, 0.15) is 15.9 Å². The topological polar surface area (TPSA) is 126 Å². The number of methoxy groups -OCH3 is 2. The monoisotopic (exact) mass is 424 g/mol. The Bertz CT molecular complexity index is 970. The summed E-state index contributed by atoms with van der Waals surface area (Å²) in [5, 5.41) is 10.2. The lowest BCUT2D eigenvalue weighted by molar-refractivity contribution is 0.112. The Morgan fingerprint density at radius 3 is 1.87 bits per heavy atom. The Balaban J connectivity index is 0.000000183. The van der Waals surface area contributed by atoms with Crippen LogP contribution in [-0.4, -0.2) is 30.8 Å². The Labute approximate surface area is 179 Å². The summed E-state index contributed by atoms with van der Waals surface area (Å²) >= 11 is 0. The molecule has 0 atom stereocenters. The molecule has 9 heteroatoms. The number of carbonyl (C=O) groups excluding carboxylic acids is 1. The van der Waals surface area contributed by atoms with E-state index in [0.717, 1.165) is 30.1 Å². The summed E-state index contributed by atoms with van der Waals surface area (Å²) in [5.74, 6) is 2.80. The van der Waals surface area contributed by atoms with E-state index in [1.54, 1.807) is 50.6 Å². The van der Waals surface area contributed by atoms with Crippen molar-refractivity contribution in [1.29, 1.82) is 0 Å². The van der Waals surface area contributed by atoms with Gasteiger partial charge in [-0.15, -0.1) is 0 Å². The molecule has 0 aliphatic heterocycles. The second-order valence-corrected chi connectivity index (χ2v) is 5.90. The summed E-state index contributed by atoms with van der Waals surface area (Å²) in [6, 6.07) is 18.2. The third kappa shape index (κ3) is 8.73. The van der Waals surface area contributed by atoms with E-state index >= 15 is 0 Å². The quantitative estimate of drug-likeness (QED) is 0.441. The Morgan fingerprint density at radius 2 is 1.45 bits per heavy atom. The van der Waals surface area contributed by atoms with Crippen molar-refractivity contribution in [1.82, 2.24) is 10.3 Å². The van der Waals surface area contributed by atoms with Crippen LogP contribution in [0.2, 0.25) is 0 Å². The zero-order valence-electron chi connectivity index (χ0n) is 17.2. The molecule has 3 N–H and O–H groups in total. The van der Waals surface area contributed by atoms with Gasteiger partial charge in [-0.2, -0.15) is 0 Å². The third-order valence-corrected chi connectivity index (χ3v) is 3.78. The van der Waals surface area contributed by atoms with Crippen molar-refractivity contribution < 1.29 is 23.3 Å². The van der Waals surface area contributed by atoms with Gasteiger partial charge < -0.3 is 29.6 Å². The molecule has 9 nitrogen and oxygen atoms in total. The van der Waals surface area contributed by atoms with Gasteiger partial charge in [-0.25, -0.2) is 0 Å². The SMILES string of the molecule is COc1ccc(C=O)cc1.COc1ccc(CNc2ccon2)cc1.Nc1ccon1. The van der Waals surface area contributed by atoms with Gasteiger partial charge in [-0.1, -0.05) is 22.4 Å². The average molecular weight is 424 g/mol. The van der Waals surface area contributed by atoms with Gasteiger partial charge in [0.05, 0.1) is 14.2 Å². The molecule has 0 saturated heterocycles. The van der Waals surface area contributed by atoms with Crippen LogP contribution in [0.4, 0.5) is 11.6 Å². The molecule has 0 fully saturated rings. The van der Waals surface area contributed by atoms with E-state index in [1.807, 2.05) is 24.3 Å². The number of nitrogens with one attached hydrogen (secondary N) is 1. The van der Waals surface area contributed by atoms with Crippen LogP contribution in [0, 0.1) is 0 Å². The number of carbonyl (C=O) groups is 1. The van der Waals surface area contributed by atoms with Crippen LogP contribution in [-0.2, 0) is 6.54 Å². The molecule has 162 valence electrons. The molecule has 0 spiro atoms. The van der Waals surface area contributed by atoms with E-state index in [4.69, 9.17) is 19.7 Å². The van der Waals surface area contributed by atoms with Gasteiger partial charge in [0.25, 0.3) is 0 Å². The van der Waals surface area contributed by atoms with Gasteiger partial charge in [0.1, 0.15) is 30.3 Å². The van der Waals surface area contributed by atoms with Crippen LogP contribution in [0.3, 0.4) is 0 Å². The smallest absolute Gasteiger partial charge is 0.169 e. The van der Waals surface area contributed by atoms with Crippen LogP contribution >= 0.6 is 0 Å². The first-order chi connectivity index (χ1) is 15.1. The van der Waals surface area contributed by atoms with Crippen molar-refractivity contribution >= 4 is 17.9 Å². The zero-order valence-corrected chi connectivity index (χ0v) is 17.2. The van der Waals surface area contributed by atoms with Gasteiger partial charge in [-0.05, 0) is 42.0 Å². The number of ether oxygens (including phenoxy) is 2. The fraction of sp³-hybridized carbons (Fsp3) is 0.136. The molecule has 0 amide bonds. The van der Waals surface area contributed by atoms with E-state index in [2.05, 4.69) is 20.2 Å². The molecular formula is C22H24N4O5. The van der Waals surface area contributed by atoms with Gasteiger partial charge in [0.15, 0.2) is 11.6 Å². The highest BCUT2D eigenvalue weighted by atomic mass is 16.5. The highest BCUT2D eigenvalue weighted by Crippen LogP contribution is 2.12. The number of nitrogen functional groups attached to an aromatic ring is 1. The average Bonchev–Trinajstić information content (AvgIpc) is 3.53. The maximum absolute atomic E-state index is 10.2. The van der Waals surface area contributed by atoms with E-state index in [1.165, 1.54) is 18.1 Å². The lowest BCUT2D eigenvalue weighted by atomic mass is 10.2. The molecule has 0 aliphatic rings. The lowest BCUT2D eigenvalue weighted by Gasteiger charge is -2.03. The molecular weight excluding hydrogens is 400 g/mol. The van der Waals surface area contributed by atoms with Crippen LogP contribution in [0.15, 0.2) is 82.2 Å². The number of hydrogen-bond donors (Lipinski definition) is 2. The van der Waals surface area contributed by atoms with Crippen LogP contribution < -0.4 is 20.5 Å². The lowest BCUT2D eigenvalue weighted by Crippen LogP contribution is -1.99. The minimum atomic E-state index is 0.426. The van der Waals surface area contributed by atoms with Crippen molar-refractivity contribution in [3.8, 4) is 11.5 Å². The first-order valence-electron chi connectivity index (χ1n) is 9.17. The normalized spacial score (nSPS) is 9.35. The van der Waals surface area contributed by atoms with Gasteiger partial charge in [0, 0.05) is 24.2 Å². The predicted molar refractivity (Wildman–Crippen MR) is 116 cm³/mol. The minimum Gasteiger partial charge on any atom is -0.497 e. The number of aromatic nitrogens is 2. The van der Waals surface area contributed by atoms with E-state index in [9.17, 15) is 4.79 Å². The Morgan fingerprint density at radius 1 is 0.871 bits per heavy atom. The van der Waals surface area contributed by atoms with Crippen molar-refractivity contribution in [3.63, 3.8) is 0 Å². The first kappa shape index (κ1) is 23.0. The molecule has 2 heterocycles. The van der Waals surface area contributed by atoms with Crippen LogP contribution in [0.25, 0.3) is 0 Å². The largest absolute Gasteiger partial charge is 0.497 e. The third-order valence-electron chi connectivity index (χ3n) is 3.78. The second kappa shape index (κ2) is 13.0. The number of benzene rings is 2. The molecule has 0 aliphatic carbocycles. The summed E-state index contributed by atoms with van der Waals surface area (Å²) in [6.07, 6.45) is 3.77. The maximum atomic E-state index is 10.2. The van der Waals surface area contributed by atoms with Crippen molar-refractivity contribution in [3.05, 3.63) is 84.3 Å². The van der Waals surface area contributed by atoms with E-state index < -0.39 is 0 Å². The highest BCUT2D eigenvalue weighted by molar-refractivity contribution is 5.74. The maximum Gasteiger partial charge on any atom is 0.169 e. The summed E-state index contributed by atoms with van der Waals surface area (Å²) in [6.45, 7) is 0.719. The number of nitrogens with zero attached hydrogens (tertiary/aromatic N) is 2. The van der Waals surface area contributed by atoms with Crippen molar-refractivity contribution in [2.45, 2.75) is 6.54 Å². The number of rotatable bonds is 6. The minimum absolute atomic E-state index is 0.426. The van der Waals surface area contributed by atoms with Gasteiger partial charge >= 0.3 is 0 Å². The summed E-state index contributed by atoms with van der Waals surface area (Å²) in [5.41, 5.74) is 6.91. The summed E-state index contributed by atoms with van der Waals surface area (Å²) < 4.78 is 19.0. The number of aldehydes is 1. The molecule has 4 rings (SSSR count). The van der Waals surface area contributed by atoms with Crippen molar-refractivity contribution in [2.75, 3.05) is 25.3 Å². The molecule has 0 bridgehead atoms. The van der Waals surface area contributed by atoms with Gasteiger partial charge in [-0.3, -0.25) is 4.79 Å². The summed E-state index contributed by atoms with van der Waals surface area (Å²) in [4.78, 5) is 10.2. The molecule has 0 saturated carbocycles. The predicted octanol–water partition coefficient (Wildman–Crippen LogP) is 4.06. The molecule has 2 aromatic carbocycles. The standard InChI is InChI=1S/C11H12N2O2.C8H8O2.C3H4N2O/c1-14-10-4-2-9(3-5-10)8-12-11-6-7-15-13-11;1-10-8-4-2-7(6-9)3-5-8;4-3-1-2-6-5-3/h2-7H,8H2,1H3,(H,12,13);2-6H,1H3;1-2H,(H2,4,5). The van der Waals surface area contributed by atoms with E-state index in [-0.39, 0.29) is 0 Å². The fourth-order valence-corrected chi connectivity index (χ4v) is 2.14. The van der Waals surface area contributed by atoms with Gasteiger partial charge in [0.2, 0.25) is 0 Å². The molecule has 4 aromatic rings. The number of hydrogen-bond acceptors (Lipinski definition) is 9.